The van der Waals surface area contributed by atoms with Gasteiger partial charge in [-0.2, -0.15) is 0 Å². The minimum Gasteiger partial charge on any atom is -0.512 e. The Morgan fingerprint density at radius 3 is 2.14 bits per heavy atom. The maximum Gasteiger partial charge on any atom is 0.707 e. The Bertz CT molecular complexity index is 378. The van der Waals surface area contributed by atoms with Crippen molar-refractivity contribution in [3.63, 3.8) is 0 Å². The molecule has 21 heavy (non-hydrogen) atoms. The highest BCUT2D eigenvalue weighted by Gasteiger charge is 2.10. The van der Waals surface area contributed by atoms with Gasteiger partial charge < -0.3 is 19.4 Å². The fourth-order valence-electron chi connectivity index (χ4n) is 2.13. The molecule has 0 amide bonds. The van der Waals surface area contributed by atoms with Gasteiger partial charge in [0.2, 0.25) is 0 Å². The van der Waals surface area contributed by atoms with Gasteiger partial charge in [0.1, 0.15) is 11.5 Å². The maximum absolute atomic E-state index is 8.68. The third-order valence-corrected chi connectivity index (χ3v) is 3.42. The van der Waals surface area contributed by atoms with Crippen LogP contribution in [-0.4, -0.2) is 24.0 Å². The number of hydrogen-bond acceptors (Lipinski definition) is 4. The van der Waals surface area contributed by atoms with Gasteiger partial charge in [0.15, 0.2) is 0 Å². The summed E-state index contributed by atoms with van der Waals surface area (Å²) in [6.07, 6.45) is 4.88. The second kappa shape index (κ2) is 9.69. The summed E-state index contributed by atoms with van der Waals surface area (Å²) in [6.45, 7) is 7.49. The molecule has 1 atom stereocenters. The van der Waals surface area contributed by atoms with Crippen molar-refractivity contribution in [1.82, 2.24) is 0 Å². The highest BCUT2D eigenvalue weighted by Crippen LogP contribution is 2.19. The molecule has 118 valence electrons. The molecule has 0 saturated heterocycles. The van der Waals surface area contributed by atoms with E-state index in [4.69, 9.17) is 19.4 Å². The summed E-state index contributed by atoms with van der Waals surface area (Å²) >= 11 is 0. The smallest absolute Gasteiger partial charge is 0.512 e. The molecule has 2 N–H and O–H groups in total. The Hall–Kier alpha value is -1.20. The Labute approximate surface area is 128 Å². The van der Waals surface area contributed by atoms with E-state index < -0.39 is 7.32 Å². The summed E-state index contributed by atoms with van der Waals surface area (Å²) in [5, 5.41) is 17.4. The van der Waals surface area contributed by atoms with Crippen LogP contribution in [0.4, 0.5) is 0 Å². The summed E-state index contributed by atoms with van der Waals surface area (Å²) in [4.78, 5) is 0. The number of hydrogen-bond donors (Lipinski definition) is 2. The van der Waals surface area contributed by atoms with Crippen LogP contribution >= 0.6 is 0 Å². The zero-order valence-corrected chi connectivity index (χ0v) is 13.3. The highest BCUT2D eigenvalue weighted by atomic mass is 16.6. The quantitative estimate of drug-likeness (QED) is 0.650. The van der Waals surface area contributed by atoms with E-state index in [-0.39, 0.29) is 0 Å². The maximum atomic E-state index is 8.68. The van der Waals surface area contributed by atoms with E-state index in [1.54, 1.807) is 24.3 Å². The van der Waals surface area contributed by atoms with Crippen molar-refractivity contribution in [2.24, 2.45) is 11.8 Å². The van der Waals surface area contributed by atoms with Crippen molar-refractivity contribution >= 4 is 7.32 Å². The Balaban J connectivity index is 2.19. The van der Waals surface area contributed by atoms with Crippen LogP contribution in [0.1, 0.15) is 46.5 Å². The second-order valence-electron chi connectivity index (χ2n) is 5.98. The first-order chi connectivity index (χ1) is 9.97. The van der Waals surface area contributed by atoms with E-state index in [9.17, 15) is 0 Å². The lowest BCUT2D eigenvalue weighted by atomic mass is 9.98. The van der Waals surface area contributed by atoms with Gasteiger partial charge in [0, 0.05) is 0 Å². The average molecular weight is 294 g/mol. The third-order valence-electron chi connectivity index (χ3n) is 3.42. The van der Waals surface area contributed by atoms with Crippen LogP contribution < -0.4 is 9.39 Å². The van der Waals surface area contributed by atoms with Gasteiger partial charge in [-0.25, -0.2) is 0 Å². The van der Waals surface area contributed by atoms with Crippen LogP contribution in [0.5, 0.6) is 11.5 Å². The summed E-state index contributed by atoms with van der Waals surface area (Å²) in [6, 6.07) is 6.84. The predicted molar refractivity (Wildman–Crippen MR) is 85.2 cm³/mol. The van der Waals surface area contributed by atoms with Crippen molar-refractivity contribution in [3.05, 3.63) is 24.3 Å². The average Bonchev–Trinajstić information content (AvgIpc) is 2.39. The molecule has 0 aromatic heterocycles. The molecule has 1 aromatic carbocycles. The Morgan fingerprint density at radius 2 is 1.57 bits per heavy atom. The van der Waals surface area contributed by atoms with E-state index in [1.165, 1.54) is 19.3 Å². The van der Waals surface area contributed by atoms with E-state index >= 15 is 0 Å². The molecule has 5 heteroatoms. The zero-order valence-electron chi connectivity index (χ0n) is 13.3. The lowest BCUT2D eigenvalue weighted by Crippen LogP contribution is -2.20. The fraction of sp³-hybridized carbons (Fsp3) is 0.625. The van der Waals surface area contributed by atoms with Gasteiger partial charge in [-0.05, 0) is 42.5 Å². The van der Waals surface area contributed by atoms with Crippen LogP contribution in [-0.2, 0) is 0 Å². The Kier molecular flexibility index (Phi) is 8.24. The molecule has 0 fully saturated rings. The molecule has 0 aliphatic rings. The molecule has 1 unspecified atom stereocenters. The standard InChI is InChI=1S/C16H27BO4/c1-13(2)5-4-6-14(3)11-12-20-15-7-9-16(10-8-15)21-17(18)19/h7-10,13-14,18-19H,4-6,11-12H2,1-3H3. The molecule has 0 radical (unpaired) electrons. The summed E-state index contributed by atoms with van der Waals surface area (Å²) in [5.74, 6) is 2.63. The van der Waals surface area contributed by atoms with E-state index in [0.717, 1.165) is 18.1 Å². The molecular formula is C16H27BO4. The monoisotopic (exact) mass is 294 g/mol. The van der Waals surface area contributed by atoms with Gasteiger partial charge in [-0.3, -0.25) is 0 Å². The number of ether oxygens (including phenoxy) is 1. The minimum atomic E-state index is -1.79. The first-order valence-corrected chi connectivity index (χ1v) is 7.73. The minimum absolute atomic E-state index is 0.402. The summed E-state index contributed by atoms with van der Waals surface area (Å²) in [5.41, 5.74) is 0. The molecule has 0 spiro atoms. The molecule has 0 aliphatic heterocycles. The first kappa shape index (κ1) is 17.9. The van der Waals surface area contributed by atoms with E-state index in [0.29, 0.717) is 18.3 Å². The van der Waals surface area contributed by atoms with Crippen LogP contribution in [0.2, 0.25) is 0 Å². The molecule has 0 bridgehead atoms. The van der Waals surface area contributed by atoms with Gasteiger partial charge in [0.05, 0.1) is 6.61 Å². The first-order valence-electron chi connectivity index (χ1n) is 7.73. The van der Waals surface area contributed by atoms with Crippen molar-refractivity contribution in [1.29, 1.82) is 0 Å². The molecule has 1 aromatic rings. The summed E-state index contributed by atoms with van der Waals surface area (Å²) < 4.78 is 10.4. The highest BCUT2D eigenvalue weighted by molar-refractivity contribution is 6.33. The van der Waals surface area contributed by atoms with Gasteiger partial charge in [-0.1, -0.05) is 40.0 Å². The van der Waals surface area contributed by atoms with E-state index in [2.05, 4.69) is 20.8 Å². The zero-order chi connectivity index (χ0) is 15.7. The van der Waals surface area contributed by atoms with Crippen LogP contribution in [0.25, 0.3) is 0 Å². The SMILES string of the molecule is CC(C)CCCC(C)CCOc1ccc(OB(O)O)cc1. The largest absolute Gasteiger partial charge is 0.707 e. The lowest BCUT2D eigenvalue weighted by molar-refractivity contribution is 0.274. The fourth-order valence-corrected chi connectivity index (χ4v) is 2.13. The topological polar surface area (TPSA) is 58.9 Å². The molecule has 0 saturated carbocycles. The van der Waals surface area contributed by atoms with Crippen LogP contribution in [0.15, 0.2) is 24.3 Å². The van der Waals surface area contributed by atoms with Gasteiger partial charge in [0.25, 0.3) is 0 Å². The molecule has 0 heterocycles. The van der Waals surface area contributed by atoms with Crippen molar-refractivity contribution < 1.29 is 19.4 Å². The molecule has 0 aliphatic carbocycles. The summed E-state index contributed by atoms with van der Waals surface area (Å²) in [7, 11) is -1.79. The second-order valence-corrected chi connectivity index (χ2v) is 5.98. The third kappa shape index (κ3) is 8.63. The van der Waals surface area contributed by atoms with Crippen LogP contribution in [0.3, 0.4) is 0 Å². The number of benzene rings is 1. The van der Waals surface area contributed by atoms with Crippen molar-refractivity contribution in [2.45, 2.75) is 46.5 Å². The van der Waals surface area contributed by atoms with Crippen LogP contribution in [0, 0.1) is 11.8 Å². The normalized spacial score (nSPS) is 12.3. The van der Waals surface area contributed by atoms with Crippen molar-refractivity contribution in [3.8, 4) is 11.5 Å². The molecule has 1 rings (SSSR count). The lowest BCUT2D eigenvalue weighted by Gasteiger charge is -2.13. The Morgan fingerprint density at radius 1 is 0.952 bits per heavy atom. The van der Waals surface area contributed by atoms with Gasteiger partial charge in [-0.15, -0.1) is 0 Å². The van der Waals surface area contributed by atoms with Crippen molar-refractivity contribution in [2.75, 3.05) is 6.61 Å². The molecular weight excluding hydrogens is 267 g/mol. The number of rotatable bonds is 10. The molecule has 4 nitrogen and oxygen atoms in total. The van der Waals surface area contributed by atoms with Gasteiger partial charge >= 0.3 is 7.32 Å². The predicted octanol–water partition coefficient (Wildman–Crippen LogP) is 3.27. The van der Waals surface area contributed by atoms with E-state index in [1.807, 2.05) is 0 Å².